The Labute approximate surface area is 228 Å². The van der Waals surface area contributed by atoms with Gasteiger partial charge in [-0.25, -0.2) is 14.4 Å². The zero-order valence-corrected chi connectivity index (χ0v) is 22.6. The number of likely N-dealkylation sites (tertiary alicyclic amines) is 1. The lowest BCUT2D eigenvalue weighted by Crippen LogP contribution is -2.49. The molecule has 0 spiro atoms. The first-order chi connectivity index (χ1) is 17.9. The largest absolute Gasteiger partial charge is 0.351 e. The second kappa shape index (κ2) is 9.89. The normalized spacial score (nSPS) is 22.9. The standard InChI is InChI=1S/C26H27Cl2FN6O3/c1-13(20-8-26(20,27)28)32-25(38)22-7-18(29)11-34(22)23(37)12-35-21-5-4-16(17-9-30-15(3)31-10-17)6-19(21)24(33-35)14(2)36/h4-6,9-10,13,18,20,22H,7-8,11-12H2,1-3H3,(H,32,38)/t13-,18-,20-,22+/m1/s1. The van der Waals surface area contributed by atoms with Gasteiger partial charge in [0, 0.05) is 48.6 Å². The second-order valence-corrected chi connectivity index (χ2v) is 11.6. The fraction of sp³-hybridized carbons (Fsp3) is 0.462. The van der Waals surface area contributed by atoms with Crippen molar-refractivity contribution in [1.82, 2.24) is 30.0 Å². The first kappa shape index (κ1) is 26.5. The van der Waals surface area contributed by atoms with Gasteiger partial charge in [-0.1, -0.05) is 6.07 Å². The number of nitrogens with zero attached hydrogens (tertiary/aromatic N) is 5. The average Bonchev–Trinajstić information content (AvgIpc) is 3.17. The average molecular weight is 561 g/mol. The van der Waals surface area contributed by atoms with E-state index in [4.69, 9.17) is 23.2 Å². The molecule has 3 heterocycles. The molecule has 2 aromatic heterocycles. The van der Waals surface area contributed by atoms with Crippen LogP contribution in [0.2, 0.25) is 0 Å². The van der Waals surface area contributed by atoms with Crippen molar-refractivity contribution < 1.29 is 18.8 Å². The van der Waals surface area contributed by atoms with Crippen molar-refractivity contribution in [3.8, 4) is 11.1 Å². The molecule has 1 saturated heterocycles. The van der Waals surface area contributed by atoms with Gasteiger partial charge in [-0.05, 0) is 38.0 Å². The Balaban J connectivity index is 1.37. The van der Waals surface area contributed by atoms with Crippen LogP contribution < -0.4 is 5.32 Å². The van der Waals surface area contributed by atoms with Crippen molar-refractivity contribution in [1.29, 1.82) is 0 Å². The summed E-state index contributed by atoms with van der Waals surface area (Å²) in [6, 6.07) is 4.14. The fourth-order valence-electron chi connectivity index (χ4n) is 5.01. The highest BCUT2D eigenvalue weighted by Crippen LogP contribution is 2.54. The van der Waals surface area contributed by atoms with E-state index in [2.05, 4.69) is 20.4 Å². The molecule has 1 aromatic carbocycles. The summed E-state index contributed by atoms with van der Waals surface area (Å²) in [7, 11) is 0. The highest BCUT2D eigenvalue weighted by atomic mass is 35.5. The van der Waals surface area contributed by atoms with Crippen molar-refractivity contribution in [2.24, 2.45) is 5.92 Å². The molecule has 4 atom stereocenters. The number of halogens is 3. The SMILES string of the molecule is CC(=O)c1nn(CC(=O)N2C[C@H](F)C[C@H]2C(=O)N[C@H](C)[C@H]2CC2(Cl)Cl)c2ccc(-c3cnc(C)nc3)cc12. The minimum atomic E-state index is -1.33. The summed E-state index contributed by atoms with van der Waals surface area (Å²) in [5, 5.41) is 7.81. The fourth-order valence-corrected chi connectivity index (χ4v) is 5.72. The number of aryl methyl sites for hydroxylation is 1. The Hall–Kier alpha value is -3.11. The Bertz CT molecular complexity index is 1430. The number of Topliss-reactive ketones (excluding diaryl/α,β-unsaturated/α-hetero) is 1. The number of alkyl halides is 3. The zero-order valence-electron chi connectivity index (χ0n) is 21.1. The van der Waals surface area contributed by atoms with Gasteiger partial charge < -0.3 is 10.2 Å². The summed E-state index contributed by atoms with van der Waals surface area (Å²) in [6.07, 6.45) is 2.53. The number of carbonyl (C=O) groups excluding carboxylic acids is 3. The van der Waals surface area contributed by atoms with Crippen molar-refractivity contribution >= 4 is 51.7 Å². The van der Waals surface area contributed by atoms with Crippen LogP contribution in [0, 0.1) is 12.8 Å². The number of fused-ring (bicyclic) bond motifs is 1. The van der Waals surface area contributed by atoms with Crippen molar-refractivity contribution in [2.45, 2.75) is 62.7 Å². The van der Waals surface area contributed by atoms with E-state index in [1.807, 2.05) is 12.1 Å². The molecule has 2 fully saturated rings. The van der Waals surface area contributed by atoms with Gasteiger partial charge in [0.05, 0.1) is 12.1 Å². The molecule has 38 heavy (non-hydrogen) atoms. The van der Waals surface area contributed by atoms with Gasteiger partial charge in [0.15, 0.2) is 5.78 Å². The van der Waals surface area contributed by atoms with E-state index in [0.717, 1.165) is 11.1 Å². The molecule has 9 nitrogen and oxygen atoms in total. The first-order valence-electron chi connectivity index (χ1n) is 12.4. The van der Waals surface area contributed by atoms with Crippen LogP contribution >= 0.6 is 23.2 Å². The van der Waals surface area contributed by atoms with Gasteiger partial charge in [0.2, 0.25) is 11.8 Å². The van der Waals surface area contributed by atoms with E-state index in [-0.39, 0.29) is 42.9 Å². The van der Waals surface area contributed by atoms with Gasteiger partial charge in [-0.2, -0.15) is 5.10 Å². The van der Waals surface area contributed by atoms with Crippen LogP contribution in [0.25, 0.3) is 22.0 Å². The second-order valence-electron chi connectivity index (χ2n) is 10.1. The van der Waals surface area contributed by atoms with Gasteiger partial charge in [0.1, 0.15) is 34.6 Å². The number of rotatable bonds is 7. The summed E-state index contributed by atoms with van der Waals surface area (Å²) >= 11 is 12.2. The molecule has 200 valence electrons. The van der Waals surface area contributed by atoms with E-state index in [1.54, 1.807) is 32.3 Å². The minimum Gasteiger partial charge on any atom is -0.351 e. The van der Waals surface area contributed by atoms with Crippen molar-refractivity contribution in [3.05, 3.63) is 42.1 Å². The summed E-state index contributed by atoms with van der Waals surface area (Å²) in [5.41, 5.74) is 2.35. The molecule has 0 radical (unpaired) electrons. The summed E-state index contributed by atoms with van der Waals surface area (Å²) in [6.45, 7) is 4.54. The van der Waals surface area contributed by atoms with Crippen molar-refractivity contribution in [3.63, 3.8) is 0 Å². The lowest BCUT2D eigenvalue weighted by Gasteiger charge is -2.25. The number of hydrogen-bond acceptors (Lipinski definition) is 6. The maximum Gasteiger partial charge on any atom is 0.245 e. The first-order valence-corrected chi connectivity index (χ1v) is 13.1. The molecule has 5 rings (SSSR count). The van der Waals surface area contributed by atoms with E-state index in [1.165, 1.54) is 16.5 Å². The smallest absolute Gasteiger partial charge is 0.245 e. The Morgan fingerprint density at radius 1 is 1.21 bits per heavy atom. The Kier molecular flexibility index (Phi) is 6.89. The van der Waals surface area contributed by atoms with Gasteiger partial charge in [-0.3, -0.25) is 19.1 Å². The monoisotopic (exact) mass is 560 g/mol. The molecular weight excluding hydrogens is 534 g/mol. The highest BCUT2D eigenvalue weighted by Gasteiger charge is 2.55. The number of amides is 2. The lowest BCUT2D eigenvalue weighted by molar-refractivity contribution is -0.139. The molecule has 3 aromatic rings. The number of carbonyl (C=O) groups is 3. The predicted octanol–water partition coefficient (Wildman–Crippen LogP) is 3.64. The van der Waals surface area contributed by atoms with Crippen molar-refractivity contribution in [2.75, 3.05) is 6.54 Å². The predicted molar refractivity (Wildman–Crippen MR) is 141 cm³/mol. The van der Waals surface area contributed by atoms with Crippen LogP contribution in [-0.4, -0.2) is 71.4 Å². The molecule has 1 aliphatic heterocycles. The zero-order chi connectivity index (χ0) is 27.4. The number of benzene rings is 1. The van der Waals surface area contributed by atoms with Gasteiger partial charge in [-0.15, -0.1) is 23.2 Å². The molecule has 2 amide bonds. The molecule has 1 N–H and O–H groups in total. The van der Waals surface area contributed by atoms with E-state index < -0.39 is 28.4 Å². The molecule has 0 unspecified atom stereocenters. The van der Waals surface area contributed by atoms with Crippen LogP contribution in [0.1, 0.15) is 43.0 Å². The Morgan fingerprint density at radius 2 is 1.89 bits per heavy atom. The third-order valence-electron chi connectivity index (χ3n) is 7.20. The van der Waals surface area contributed by atoms with Crippen LogP contribution in [-0.2, 0) is 16.1 Å². The number of ketones is 1. The molecule has 0 bridgehead atoms. The summed E-state index contributed by atoms with van der Waals surface area (Å²) in [5.74, 6) is -0.628. The van der Waals surface area contributed by atoms with Gasteiger partial charge in [0.25, 0.3) is 0 Å². The molecule has 1 aliphatic carbocycles. The van der Waals surface area contributed by atoms with Crippen LogP contribution in [0.3, 0.4) is 0 Å². The molecule has 1 saturated carbocycles. The Morgan fingerprint density at radius 3 is 2.53 bits per heavy atom. The highest BCUT2D eigenvalue weighted by molar-refractivity contribution is 6.51. The third kappa shape index (κ3) is 5.11. The van der Waals surface area contributed by atoms with Crippen LogP contribution in [0.15, 0.2) is 30.6 Å². The number of hydrogen-bond donors (Lipinski definition) is 1. The van der Waals surface area contributed by atoms with Gasteiger partial charge >= 0.3 is 0 Å². The summed E-state index contributed by atoms with van der Waals surface area (Å²) < 4.78 is 15.0. The maximum atomic E-state index is 14.4. The van der Waals surface area contributed by atoms with Crippen LogP contribution in [0.5, 0.6) is 0 Å². The van der Waals surface area contributed by atoms with Crippen LogP contribution in [0.4, 0.5) is 4.39 Å². The number of nitrogens with one attached hydrogen (secondary N) is 1. The molecule has 2 aliphatic rings. The topological polar surface area (TPSA) is 110 Å². The summed E-state index contributed by atoms with van der Waals surface area (Å²) in [4.78, 5) is 48.4. The van der Waals surface area contributed by atoms with E-state index in [9.17, 15) is 18.8 Å². The van der Waals surface area contributed by atoms with E-state index in [0.29, 0.717) is 23.1 Å². The lowest BCUT2D eigenvalue weighted by atomic mass is 10.0. The van der Waals surface area contributed by atoms with E-state index >= 15 is 0 Å². The quantitative estimate of drug-likeness (QED) is 0.349. The minimum absolute atomic E-state index is 0.0949. The third-order valence-corrected chi connectivity index (χ3v) is 8.07. The molecular formula is C26H27Cl2FN6O3. The maximum absolute atomic E-state index is 14.4. The number of aromatic nitrogens is 4. The molecule has 12 heteroatoms.